The van der Waals surface area contributed by atoms with Gasteiger partial charge in [-0.2, -0.15) is 0 Å². The van der Waals surface area contributed by atoms with Gasteiger partial charge in [-0.05, 0) is 92.5 Å². The Balaban J connectivity index is 0. The number of benzene rings is 4. The molecule has 0 spiro atoms. The van der Waals surface area contributed by atoms with E-state index in [-0.39, 0.29) is 122 Å². The van der Waals surface area contributed by atoms with Crippen LogP contribution in [-0.4, -0.2) is 18.7 Å². The summed E-state index contributed by atoms with van der Waals surface area (Å²) in [5, 5.41) is 21.6. The largest absolute Gasteiger partial charge is 1.00 e. The molecule has 0 saturated carbocycles. The van der Waals surface area contributed by atoms with Gasteiger partial charge in [0.2, 0.25) is 0 Å². The molecule has 0 aliphatic rings. The van der Waals surface area contributed by atoms with E-state index < -0.39 is 13.0 Å². The summed E-state index contributed by atoms with van der Waals surface area (Å²) < 4.78 is 38.1. The molecule has 1 N–H and O–H groups in total. The van der Waals surface area contributed by atoms with Crippen LogP contribution in [0, 0.1) is 5.82 Å². The van der Waals surface area contributed by atoms with Crippen molar-refractivity contribution in [2.75, 3.05) is 7.15 Å². The number of hydrogen-bond acceptors (Lipinski definition) is 5. The number of rotatable bonds is 2. The van der Waals surface area contributed by atoms with Gasteiger partial charge in [0.05, 0.1) is 17.5 Å². The molecule has 0 saturated heterocycles. The van der Waals surface area contributed by atoms with Crippen LogP contribution in [0.15, 0.2) is 83.0 Å². The fourth-order valence-electron chi connectivity index (χ4n) is 3.25. The summed E-state index contributed by atoms with van der Waals surface area (Å²) in [4.78, 5) is 11.2. The van der Waals surface area contributed by atoms with Crippen LogP contribution in [0.3, 0.4) is 0 Å². The fraction of sp³-hybridized carbons (Fsp3) is 0.0385. The standard InChI is InChI=1S/C12H6Br2ClFO.C12H5Br2ClO.CH3F.CH2O3.2K.H/c13-6-3-9(12(17)10(14)4-6)8-5-7(15)1-2-11(8)16;13-6-3-9-8-5-7(15)1-2-11(8)16-12(9)10(14)4-6;1-2;2-1-4-3;;;/h1-5,17H;1-5H;1H3;1,3H;;;/q;;;;2*+1;-1/p-1/i;;1D;;;;. The Morgan fingerprint density at radius 2 is 1.46 bits per heavy atom. The number of carbonyl (C=O) groups is 1. The maximum absolute atomic E-state index is 13.7. The van der Waals surface area contributed by atoms with Crippen LogP contribution in [-0.2, 0) is 9.68 Å². The molecular weight excluding hydrogens is 899 g/mol. The van der Waals surface area contributed by atoms with Gasteiger partial charge in [-0.15, -0.1) is 0 Å². The topological polar surface area (TPSA) is 82.7 Å². The minimum Gasteiger partial charge on any atom is -1.00 e. The van der Waals surface area contributed by atoms with Gasteiger partial charge in [-0.3, -0.25) is 9.18 Å². The van der Waals surface area contributed by atoms with E-state index >= 15 is 0 Å². The number of carbonyl (C=O) groups excluding carboxylic acids is 1. The van der Waals surface area contributed by atoms with Gasteiger partial charge < -0.3 is 21.1 Å². The molecule has 1 aromatic heterocycles. The molecule has 0 radical (unpaired) electrons. The third kappa shape index (κ3) is 12.3. The van der Waals surface area contributed by atoms with Crippen LogP contribution in [0.5, 0.6) is 5.75 Å². The first-order chi connectivity index (χ1) is 19.0. The molecule has 5 rings (SSSR count). The third-order valence-corrected chi connectivity index (χ3v) is 7.32. The number of phenolic OH excluding ortho intramolecular Hbond substituents is 1. The molecular formula is C26H16Br4Cl2F2K2O5. The van der Waals surface area contributed by atoms with Crippen molar-refractivity contribution in [3.63, 3.8) is 0 Å². The van der Waals surface area contributed by atoms with Gasteiger partial charge in [-0.25, -0.2) is 4.39 Å². The Hall–Kier alpha value is 1.54. The molecule has 0 aliphatic carbocycles. The maximum Gasteiger partial charge on any atom is 1.00 e. The molecule has 4 aromatic carbocycles. The van der Waals surface area contributed by atoms with E-state index in [2.05, 4.69) is 68.6 Å². The Kier molecular flexibility index (Phi) is 21.1. The average molecular weight is 916 g/mol. The molecule has 15 heteroatoms. The molecule has 5 aromatic rings. The summed E-state index contributed by atoms with van der Waals surface area (Å²) in [6.45, 7) is -0.181. The Morgan fingerprint density at radius 1 is 0.927 bits per heavy atom. The van der Waals surface area contributed by atoms with E-state index in [0.29, 0.717) is 20.1 Å². The monoisotopic (exact) mass is 911 g/mol. The van der Waals surface area contributed by atoms with Crippen LogP contribution in [0.4, 0.5) is 8.78 Å². The van der Waals surface area contributed by atoms with Crippen LogP contribution in [0.2, 0.25) is 10.0 Å². The Labute approximate surface area is 365 Å². The Morgan fingerprint density at radius 3 is 2.07 bits per heavy atom. The van der Waals surface area contributed by atoms with Gasteiger partial charge in [0.15, 0.2) is 0 Å². The van der Waals surface area contributed by atoms with E-state index in [9.17, 15) is 13.9 Å². The molecule has 208 valence electrons. The molecule has 0 aliphatic heterocycles. The predicted octanol–water partition coefficient (Wildman–Crippen LogP) is 4.28. The van der Waals surface area contributed by atoms with Crippen molar-refractivity contribution < 1.29 is 139 Å². The summed E-state index contributed by atoms with van der Waals surface area (Å²) >= 11 is 25.3. The van der Waals surface area contributed by atoms with E-state index in [1.807, 2.05) is 30.3 Å². The first-order valence-electron chi connectivity index (χ1n) is 10.9. The van der Waals surface area contributed by atoms with E-state index in [1.54, 1.807) is 12.1 Å². The van der Waals surface area contributed by atoms with Crippen molar-refractivity contribution in [1.29, 1.82) is 0 Å². The smallest absolute Gasteiger partial charge is 1.00 e. The molecule has 0 unspecified atom stereocenters. The summed E-state index contributed by atoms with van der Waals surface area (Å²) in [7, 11) is -1.00. The number of furan rings is 1. The average Bonchev–Trinajstić information content (AvgIpc) is 3.27. The molecule has 0 fully saturated rings. The van der Waals surface area contributed by atoms with Crippen molar-refractivity contribution in [1.82, 2.24) is 0 Å². The van der Waals surface area contributed by atoms with E-state index in [4.69, 9.17) is 39.0 Å². The van der Waals surface area contributed by atoms with Crippen LogP contribution in [0.1, 0.15) is 2.80 Å². The van der Waals surface area contributed by atoms with Crippen molar-refractivity contribution >= 4 is 115 Å². The first kappa shape index (κ1) is 40.6. The van der Waals surface area contributed by atoms with Gasteiger partial charge >= 0.3 is 103 Å². The summed E-state index contributed by atoms with van der Waals surface area (Å²) in [5.41, 5.74) is 2.34. The number of phenols is 1. The van der Waals surface area contributed by atoms with Crippen molar-refractivity contribution in [3.05, 3.63) is 94.4 Å². The summed E-state index contributed by atoms with van der Waals surface area (Å²) in [6, 6.07) is 17.2. The van der Waals surface area contributed by atoms with Crippen molar-refractivity contribution in [2.45, 2.75) is 0 Å². The predicted molar refractivity (Wildman–Crippen MR) is 163 cm³/mol. The molecule has 0 atom stereocenters. The number of aromatic hydroxyl groups is 1. The van der Waals surface area contributed by atoms with Gasteiger partial charge in [0, 0.05) is 40.9 Å². The zero-order valence-electron chi connectivity index (χ0n) is 23.2. The fourth-order valence-corrected chi connectivity index (χ4v) is 6.13. The van der Waals surface area contributed by atoms with E-state index in [0.717, 1.165) is 35.4 Å². The zero-order valence-corrected chi connectivity index (χ0v) is 35.3. The van der Waals surface area contributed by atoms with Crippen molar-refractivity contribution in [2.24, 2.45) is 0 Å². The molecule has 5 nitrogen and oxygen atoms in total. The van der Waals surface area contributed by atoms with Crippen LogP contribution < -0.4 is 108 Å². The second-order valence-corrected chi connectivity index (χ2v) is 11.5. The second kappa shape index (κ2) is 21.4. The molecule has 0 amide bonds. The number of hydrogen-bond donors (Lipinski definition) is 1. The molecule has 41 heavy (non-hydrogen) atoms. The molecule has 0 bridgehead atoms. The van der Waals surface area contributed by atoms with Gasteiger partial charge in [-0.1, -0.05) is 55.1 Å². The Bertz CT molecular complexity index is 1640. The van der Waals surface area contributed by atoms with Crippen molar-refractivity contribution in [3.8, 4) is 16.9 Å². The van der Waals surface area contributed by atoms with Gasteiger partial charge in [0.1, 0.15) is 22.7 Å². The van der Waals surface area contributed by atoms with E-state index in [1.165, 1.54) is 18.2 Å². The molecule has 1 heterocycles. The summed E-state index contributed by atoms with van der Waals surface area (Å²) in [6.07, 6.45) is 0. The minimum atomic E-state index is -1.00. The van der Waals surface area contributed by atoms with Crippen LogP contribution >= 0.6 is 86.9 Å². The maximum atomic E-state index is 13.7. The number of alkyl halides is 1. The normalized spacial score (nSPS) is 9.83. The number of halogens is 8. The summed E-state index contributed by atoms with van der Waals surface area (Å²) in [5.74, 6) is -0.455. The second-order valence-electron chi connectivity index (χ2n) is 7.11. The third-order valence-electron chi connectivity index (χ3n) is 4.74. The van der Waals surface area contributed by atoms with Crippen LogP contribution in [0.25, 0.3) is 33.1 Å². The SMILES string of the molecule is Clc1ccc2oc3c(Br)cc(Br)cc3c2c1.O=CO[O-].Oc1c(Br)cc(Br)cc1-c1cc(Cl)ccc1F.[2H]CF.[H-].[K+].[K+]. The number of fused-ring (bicyclic) bond motifs is 3. The zero-order chi connectivity index (χ0) is 30.0. The minimum absolute atomic E-state index is 0. The quantitative estimate of drug-likeness (QED) is 0.124. The van der Waals surface area contributed by atoms with Gasteiger partial charge in [0.25, 0.3) is 6.47 Å². The first-order valence-corrected chi connectivity index (χ1v) is 14.1.